The van der Waals surface area contributed by atoms with Gasteiger partial charge in [-0.3, -0.25) is 0 Å². The van der Waals surface area contributed by atoms with Gasteiger partial charge >= 0.3 is 0 Å². The highest BCUT2D eigenvalue weighted by atomic mass is 16.3. The zero-order valence-corrected chi connectivity index (χ0v) is 12.7. The van der Waals surface area contributed by atoms with Crippen LogP contribution < -0.4 is 0 Å². The van der Waals surface area contributed by atoms with E-state index in [0.717, 1.165) is 11.1 Å². The number of hydrogen-bond acceptors (Lipinski definition) is 1. The summed E-state index contributed by atoms with van der Waals surface area (Å²) in [5.74, 6) is 0.332. The molecular weight excluding hydrogens is 256 g/mol. The van der Waals surface area contributed by atoms with Gasteiger partial charge in [-0.25, -0.2) is 0 Å². The van der Waals surface area contributed by atoms with Crippen molar-refractivity contribution >= 4 is 10.8 Å². The van der Waals surface area contributed by atoms with Crippen molar-refractivity contribution in [2.24, 2.45) is 0 Å². The van der Waals surface area contributed by atoms with E-state index in [1.807, 2.05) is 18.2 Å². The quantitative estimate of drug-likeness (QED) is 0.621. The molecule has 0 atom stereocenters. The van der Waals surface area contributed by atoms with E-state index in [0.29, 0.717) is 5.75 Å². The first-order valence-electron chi connectivity index (χ1n) is 7.28. The van der Waals surface area contributed by atoms with Crippen LogP contribution in [-0.4, -0.2) is 5.11 Å². The number of fused-ring (bicyclic) bond motifs is 1. The van der Waals surface area contributed by atoms with E-state index in [1.54, 1.807) is 6.07 Å². The zero-order valence-electron chi connectivity index (χ0n) is 12.7. The minimum Gasteiger partial charge on any atom is -0.507 e. The molecule has 1 heteroatoms. The minimum atomic E-state index is 0.0687. The molecule has 106 valence electrons. The van der Waals surface area contributed by atoms with Crippen LogP contribution in [0, 0.1) is 0 Å². The van der Waals surface area contributed by atoms with Gasteiger partial charge in [-0.15, -0.1) is 0 Å². The Hall–Kier alpha value is -2.28. The predicted molar refractivity (Wildman–Crippen MR) is 89.7 cm³/mol. The lowest BCUT2D eigenvalue weighted by Crippen LogP contribution is -2.10. The van der Waals surface area contributed by atoms with Crippen LogP contribution in [0.5, 0.6) is 5.75 Å². The molecule has 0 aliphatic carbocycles. The molecule has 0 amide bonds. The van der Waals surface area contributed by atoms with Crippen LogP contribution in [0.1, 0.15) is 26.3 Å². The van der Waals surface area contributed by atoms with Crippen LogP contribution in [0.4, 0.5) is 0 Å². The molecule has 0 saturated carbocycles. The highest BCUT2D eigenvalue weighted by Gasteiger charge is 2.16. The Morgan fingerprint density at radius 3 is 2.19 bits per heavy atom. The predicted octanol–water partition coefficient (Wildman–Crippen LogP) is 5.51. The van der Waals surface area contributed by atoms with Gasteiger partial charge in [-0.2, -0.15) is 0 Å². The van der Waals surface area contributed by atoms with Gasteiger partial charge in [0.2, 0.25) is 0 Å². The van der Waals surface area contributed by atoms with Crippen LogP contribution in [0.15, 0.2) is 60.7 Å². The summed E-state index contributed by atoms with van der Waals surface area (Å²) in [5.41, 5.74) is 3.24. The van der Waals surface area contributed by atoms with Crippen molar-refractivity contribution in [2.45, 2.75) is 26.2 Å². The van der Waals surface area contributed by atoms with Crippen molar-refractivity contribution in [3.8, 4) is 16.9 Å². The van der Waals surface area contributed by atoms with E-state index in [4.69, 9.17) is 0 Å². The van der Waals surface area contributed by atoms with Gasteiger partial charge < -0.3 is 5.11 Å². The third-order valence-electron chi connectivity index (χ3n) is 3.92. The Balaban J connectivity index is 2.17. The molecule has 0 aromatic heterocycles. The lowest BCUT2D eigenvalue weighted by Gasteiger charge is -2.20. The molecule has 1 nitrogen and oxygen atoms in total. The summed E-state index contributed by atoms with van der Waals surface area (Å²) in [5, 5.41) is 12.6. The topological polar surface area (TPSA) is 20.2 Å². The first kappa shape index (κ1) is 13.7. The number of hydrogen-bond donors (Lipinski definition) is 1. The molecule has 0 aliphatic heterocycles. The van der Waals surface area contributed by atoms with Crippen molar-refractivity contribution in [3.63, 3.8) is 0 Å². The molecule has 3 aromatic carbocycles. The van der Waals surface area contributed by atoms with E-state index >= 15 is 0 Å². The van der Waals surface area contributed by atoms with Crippen molar-refractivity contribution in [1.29, 1.82) is 0 Å². The lowest BCUT2D eigenvalue weighted by molar-refractivity contribution is 0.476. The van der Waals surface area contributed by atoms with E-state index in [9.17, 15) is 5.11 Å². The second-order valence-electron chi connectivity index (χ2n) is 6.54. The fraction of sp³-hybridized carbons (Fsp3) is 0.200. The molecule has 3 rings (SSSR count). The van der Waals surface area contributed by atoms with Crippen LogP contribution in [-0.2, 0) is 5.41 Å². The van der Waals surface area contributed by atoms with Crippen LogP contribution in [0.25, 0.3) is 21.9 Å². The molecule has 0 unspecified atom stereocenters. The average molecular weight is 276 g/mol. The molecule has 0 bridgehead atoms. The van der Waals surface area contributed by atoms with Crippen LogP contribution >= 0.6 is 0 Å². The summed E-state index contributed by atoms with van der Waals surface area (Å²) in [6.45, 7) is 6.55. The van der Waals surface area contributed by atoms with E-state index < -0.39 is 0 Å². The smallest absolute Gasteiger partial charge is 0.123 e. The second-order valence-corrected chi connectivity index (χ2v) is 6.54. The van der Waals surface area contributed by atoms with Crippen molar-refractivity contribution < 1.29 is 5.11 Å². The fourth-order valence-corrected chi connectivity index (χ4v) is 2.59. The van der Waals surface area contributed by atoms with E-state index in [-0.39, 0.29) is 5.41 Å². The average Bonchev–Trinajstić information content (AvgIpc) is 2.46. The number of phenols is 1. The standard InChI is InChI=1S/C20H20O/c1-20(2,3)17-10-11-19(21)18(13-17)16-9-8-14-6-4-5-7-15(14)12-16/h4-13,21H,1-3H3. The molecule has 21 heavy (non-hydrogen) atoms. The van der Waals surface area contributed by atoms with Crippen LogP contribution in [0.3, 0.4) is 0 Å². The first-order chi connectivity index (χ1) is 9.95. The maximum atomic E-state index is 10.2. The SMILES string of the molecule is CC(C)(C)c1ccc(O)c(-c2ccc3ccccc3c2)c1. The number of rotatable bonds is 1. The van der Waals surface area contributed by atoms with Gasteiger partial charge in [0.1, 0.15) is 5.75 Å². The molecular formula is C20H20O. The largest absolute Gasteiger partial charge is 0.507 e. The number of phenolic OH excluding ortho intramolecular Hbond substituents is 1. The highest BCUT2D eigenvalue weighted by molar-refractivity contribution is 5.88. The van der Waals surface area contributed by atoms with Gasteiger partial charge in [-0.1, -0.05) is 63.2 Å². The summed E-state index contributed by atoms with van der Waals surface area (Å²) in [7, 11) is 0. The van der Waals surface area contributed by atoms with E-state index in [1.165, 1.54) is 16.3 Å². The monoisotopic (exact) mass is 276 g/mol. The molecule has 0 aliphatic rings. The minimum absolute atomic E-state index is 0.0687. The third-order valence-corrected chi connectivity index (χ3v) is 3.92. The van der Waals surface area contributed by atoms with Crippen molar-refractivity contribution in [1.82, 2.24) is 0 Å². The Morgan fingerprint density at radius 2 is 1.48 bits per heavy atom. The molecule has 0 heterocycles. The van der Waals surface area contributed by atoms with Gasteiger partial charge in [0.15, 0.2) is 0 Å². The normalized spacial score (nSPS) is 11.8. The maximum Gasteiger partial charge on any atom is 0.123 e. The van der Waals surface area contributed by atoms with Gasteiger partial charge in [0.25, 0.3) is 0 Å². The zero-order chi connectivity index (χ0) is 15.0. The molecule has 0 saturated heterocycles. The molecule has 0 spiro atoms. The summed E-state index contributed by atoms with van der Waals surface area (Å²) in [6.07, 6.45) is 0. The number of aromatic hydroxyl groups is 1. The fourth-order valence-electron chi connectivity index (χ4n) is 2.59. The van der Waals surface area contributed by atoms with Gasteiger partial charge in [0, 0.05) is 5.56 Å². The van der Waals surface area contributed by atoms with Crippen molar-refractivity contribution in [3.05, 3.63) is 66.2 Å². The summed E-state index contributed by atoms with van der Waals surface area (Å²) >= 11 is 0. The van der Waals surface area contributed by atoms with Crippen LogP contribution in [0.2, 0.25) is 0 Å². The first-order valence-corrected chi connectivity index (χ1v) is 7.28. The lowest BCUT2D eigenvalue weighted by atomic mass is 9.85. The Bertz CT molecular complexity index is 794. The molecule has 0 fully saturated rings. The summed E-state index contributed by atoms with van der Waals surface area (Å²) < 4.78 is 0. The Morgan fingerprint density at radius 1 is 0.762 bits per heavy atom. The van der Waals surface area contributed by atoms with Crippen molar-refractivity contribution in [2.75, 3.05) is 0 Å². The summed E-state index contributed by atoms with van der Waals surface area (Å²) in [6, 6.07) is 20.5. The molecule has 1 N–H and O–H groups in total. The third kappa shape index (κ3) is 2.64. The summed E-state index contributed by atoms with van der Waals surface area (Å²) in [4.78, 5) is 0. The Labute approximate surface area is 125 Å². The van der Waals surface area contributed by atoms with E-state index in [2.05, 4.69) is 57.2 Å². The van der Waals surface area contributed by atoms with Gasteiger partial charge in [-0.05, 0) is 45.5 Å². The van der Waals surface area contributed by atoms with Gasteiger partial charge in [0.05, 0.1) is 0 Å². The highest BCUT2D eigenvalue weighted by Crippen LogP contribution is 2.35. The second kappa shape index (κ2) is 4.92. The Kier molecular flexibility index (Phi) is 3.21. The maximum absolute atomic E-state index is 10.2. The molecule has 3 aromatic rings. The molecule has 0 radical (unpaired) electrons. The number of benzene rings is 3.